The lowest BCUT2D eigenvalue weighted by atomic mass is 10.2. The standard InChI is InChI=1S/C12H15N3O4S/c16-12-9-15(11-4-2-1-3-10(11)13-12)20(17,18)14-5-7-19-8-6-14/h1-4H,5-9H2,(H,13,16). The Kier molecular flexibility index (Phi) is 3.36. The highest BCUT2D eigenvalue weighted by atomic mass is 32.2. The minimum atomic E-state index is -3.71. The van der Waals surface area contributed by atoms with Gasteiger partial charge in [0.15, 0.2) is 0 Å². The molecule has 108 valence electrons. The van der Waals surface area contributed by atoms with E-state index >= 15 is 0 Å². The van der Waals surface area contributed by atoms with Crippen molar-refractivity contribution in [3.63, 3.8) is 0 Å². The van der Waals surface area contributed by atoms with Gasteiger partial charge in [0.2, 0.25) is 5.91 Å². The smallest absolute Gasteiger partial charge is 0.304 e. The van der Waals surface area contributed by atoms with E-state index in [9.17, 15) is 13.2 Å². The molecule has 1 saturated heterocycles. The quantitative estimate of drug-likeness (QED) is 0.835. The van der Waals surface area contributed by atoms with Crippen molar-refractivity contribution in [2.45, 2.75) is 0 Å². The molecule has 20 heavy (non-hydrogen) atoms. The van der Waals surface area contributed by atoms with E-state index in [4.69, 9.17) is 4.74 Å². The molecule has 2 aliphatic rings. The summed E-state index contributed by atoms with van der Waals surface area (Å²) in [6, 6.07) is 6.88. The lowest BCUT2D eigenvalue weighted by Crippen LogP contribution is -2.52. The molecule has 3 rings (SSSR count). The second-order valence-corrected chi connectivity index (χ2v) is 6.44. The molecule has 1 aromatic carbocycles. The lowest BCUT2D eigenvalue weighted by Gasteiger charge is -2.35. The van der Waals surface area contributed by atoms with Gasteiger partial charge in [-0.2, -0.15) is 12.7 Å². The molecular formula is C12H15N3O4S. The first-order valence-corrected chi connectivity index (χ1v) is 7.73. The van der Waals surface area contributed by atoms with Gasteiger partial charge in [-0.1, -0.05) is 12.1 Å². The number of carbonyl (C=O) groups is 1. The largest absolute Gasteiger partial charge is 0.379 e. The summed E-state index contributed by atoms with van der Waals surface area (Å²) in [6.45, 7) is 1.17. The maximum Gasteiger partial charge on any atom is 0.304 e. The summed E-state index contributed by atoms with van der Waals surface area (Å²) >= 11 is 0. The lowest BCUT2D eigenvalue weighted by molar-refractivity contribution is -0.115. The molecule has 0 aromatic heterocycles. The van der Waals surface area contributed by atoms with E-state index in [0.29, 0.717) is 37.7 Å². The fourth-order valence-electron chi connectivity index (χ4n) is 2.32. The van der Waals surface area contributed by atoms with E-state index in [0.717, 1.165) is 4.31 Å². The predicted octanol–water partition coefficient (Wildman–Crippen LogP) is 0.0221. The Bertz CT molecular complexity index is 625. The number of fused-ring (bicyclic) bond motifs is 1. The molecule has 0 saturated carbocycles. The average Bonchev–Trinajstić information content (AvgIpc) is 2.47. The zero-order valence-corrected chi connectivity index (χ0v) is 11.6. The molecule has 0 radical (unpaired) electrons. The van der Waals surface area contributed by atoms with Crippen LogP contribution in [0.5, 0.6) is 0 Å². The second kappa shape index (κ2) is 5.04. The number of nitrogens with one attached hydrogen (secondary N) is 1. The van der Waals surface area contributed by atoms with E-state index in [1.165, 1.54) is 4.31 Å². The van der Waals surface area contributed by atoms with Gasteiger partial charge in [-0.25, -0.2) is 4.31 Å². The Hall–Kier alpha value is -1.64. The Labute approximate surface area is 117 Å². The molecule has 0 spiro atoms. The van der Waals surface area contributed by atoms with Gasteiger partial charge < -0.3 is 10.1 Å². The molecule has 1 amide bonds. The fraction of sp³-hybridized carbons (Fsp3) is 0.417. The second-order valence-electron chi connectivity index (χ2n) is 4.59. The van der Waals surface area contributed by atoms with Crippen molar-refractivity contribution in [1.82, 2.24) is 4.31 Å². The number of benzene rings is 1. The first kappa shape index (κ1) is 13.3. The van der Waals surface area contributed by atoms with E-state index in [-0.39, 0.29) is 12.5 Å². The number of hydrogen-bond donors (Lipinski definition) is 1. The van der Waals surface area contributed by atoms with E-state index < -0.39 is 10.2 Å². The number of hydrogen-bond acceptors (Lipinski definition) is 4. The zero-order chi connectivity index (χ0) is 14.2. The number of amides is 1. The number of para-hydroxylation sites is 2. The average molecular weight is 297 g/mol. The van der Waals surface area contributed by atoms with Gasteiger partial charge >= 0.3 is 10.2 Å². The zero-order valence-electron chi connectivity index (χ0n) is 10.8. The van der Waals surface area contributed by atoms with Crippen molar-refractivity contribution in [2.24, 2.45) is 0 Å². The van der Waals surface area contributed by atoms with Crippen LogP contribution >= 0.6 is 0 Å². The molecular weight excluding hydrogens is 282 g/mol. The van der Waals surface area contributed by atoms with Crippen LogP contribution in [0.15, 0.2) is 24.3 Å². The number of carbonyl (C=O) groups excluding carboxylic acids is 1. The van der Waals surface area contributed by atoms with Crippen LogP contribution in [0.25, 0.3) is 0 Å². The molecule has 0 aliphatic carbocycles. The summed E-state index contributed by atoms with van der Waals surface area (Å²) in [6.07, 6.45) is 0. The highest BCUT2D eigenvalue weighted by molar-refractivity contribution is 7.90. The molecule has 1 aromatic rings. The van der Waals surface area contributed by atoms with Gasteiger partial charge in [-0.05, 0) is 12.1 Å². The van der Waals surface area contributed by atoms with Crippen LogP contribution in [-0.2, 0) is 19.7 Å². The third-order valence-electron chi connectivity index (χ3n) is 3.31. The summed E-state index contributed by atoms with van der Waals surface area (Å²) in [5.74, 6) is -0.333. The number of nitrogens with zero attached hydrogens (tertiary/aromatic N) is 2. The number of ether oxygens (including phenoxy) is 1. The monoisotopic (exact) mass is 297 g/mol. The van der Waals surface area contributed by atoms with Crippen LogP contribution in [0.2, 0.25) is 0 Å². The normalized spacial score (nSPS) is 20.4. The SMILES string of the molecule is O=C1CN(S(=O)(=O)N2CCOCC2)c2ccccc2N1. The van der Waals surface area contributed by atoms with Crippen molar-refractivity contribution in [1.29, 1.82) is 0 Å². The maximum atomic E-state index is 12.7. The highest BCUT2D eigenvalue weighted by Gasteiger charge is 2.36. The number of anilines is 2. The van der Waals surface area contributed by atoms with Crippen molar-refractivity contribution in [3.05, 3.63) is 24.3 Å². The third kappa shape index (κ3) is 2.26. The number of rotatable bonds is 2. The van der Waals surface area contributed by atoms with Gasteiger partial charge in [0, 0.05) is 13.1 Å². The molecule has 1 fully saturated rings. The summed E-state index contributed by atoms with van der Waals surface area (Å²) in [5.41, 5.74) is 1.01. The van der Waals surface area contributed by atoms with Gasteiger partial charge in [-0.3, -0.25) is 4.79 Å². The summed E-state index contributed by atoms with van der Waals surface area (Å²) in [4.78, 5) is 11.7. The maximum absolute atomic E-state index is 12.7. The minimum Gasteiger partial charge on any atom is -0.379 e. The molecule has 0 bridgehead atoms. The van der Waals surface area contributed by atoms with Gasteiger partial charge in [0.1, 0.15) is 6.54 Å². The summed E-state index contributed by atoms with van der Waals surface area (Å²) in [5, 5.41) is 2.68. The minimum absolute atomic E-state index is 0.198. The van der Waals surface area contributed by atoms with Gasteiger partial charge in [0.25, 0.3) is 0 Å². The van der Waals surface area contributed by atoms with Crippen molar-refractivity contribution < 1.29 is 17.9 Å². The highest BCUT2D eigenvalue weighted by Crippen LogP contribution is 2.32. The van der Waals surface area contributed by atoms with Crippen LogP contribution in [-0.4, -0.2) is 51.5 Å². The first-order valence-electron chi connectivity index (χ1n) is 6.33. The number of morpholine rings is 1. The first-order chi connectivity index (χ1) is 9.59. The Morgan fingerprint density at radius 3 is 2.60 bits per heavy atom. The van der Waals surface area contributed by atoms with E-state index in [1.807, 2.05) is 0 Å². The molecule has 7 nitrogen and oxygen atoms in total. The third-order valence-corrected chi connectivity index (χ3v) is 5.21. The van der Waals surface area contributed by atoms with Crippen LogP contribution in [0, 0.1) is 0 Å². The molecule has 0 unspecified atom stereocenters. The topological polar surface area (TPSA) is 79.0 Å². The Balaban J connectivity index is 1.98. The molecule has 1 N–H and O–H groups in total. The van der Waals surface area contributed by atoms with E-state index in [1.54, 1.807) is 24.3 Å². The van der Waals surface area contributed by atoms with Crippen LogP contribution in [0.4, 0.5) is 11.4 Å². The van der Waals surface area contributed by atoms with Crippen LogP contribution in [0.1, 0.15) is 0 Å². The molecule has 2 heterocycles. The predicted molar refractivity (Wildman–Crippen MR) is 73.7 cm³/mol. The van der Waals surface area contributed by atoms with Crippen LogP contribution < -0.4 is 9.62 Å². The molecule has 2 aliphatic heterocycles. The molecule has 8 heteroatoms. The molecule has 0 atom stereocenters. The fourth-order valence-corrected chi connectivity index (χ4v) is 3.90. The van der Waals surface area contributed by atoms with Gasteiger partial charge in [-0.15, -0.1) is 0 Å². The summed E-state index contributed by atoms with van der Waals surface area (Å²) < 4.78 is 33.0. The Morgan fingerprint density at radius 1 is 1.15 bits per heavy atom. The van der Waals surface area contributed by atoms with Crippen molar-refractivity contribution >= 4 is 27.5 Å². The summed E-state index contributed by atoms with van der Waals surface area (Å²) in [7, 11) is -3.71. The van der Waals surface area contributed by atoms with Crippen molar-refractivity contribution in [3.8, 4) is 0 Å². The van der Waals surface area contributed by atoms with E-state index in [2.05, 4.69) is 5.32 Å². The van der Waals surface area contributed by atoms with Crippen molar-refractivity contribution in [2.75, 3.05) is 42.5 Å². The Morgan fingerprint density at radius 2 is 1.85 bits per heavy atom. The van der Waals surface area contributed by atoms with Gasteiger partial charge in [0.05, 0.1) is 24.6 Å². The van der Waals surface area contributed by atoms with Crippen LogP contribution in [0.3, 0.4) is 0 Å².